The third kappa shape index (κ3) is 4.63. The number of likely N-dealkylation sites (N-methyl/N-ethyl adjacent to an activating group) is 1. The van der Waals surface area contributed by atoms with Crippen LogP contribution in [-0.4, -0.2) is 37.7 Å². The number of hydrogen-bond donors (Lipinski definition) is 0. The summed E-state index contributed by atoms with van der Waals surface area (Å²) in [6, 6.07) is 0. The fraction of sp³-hybridized carbons (Fsp3) is 1.00. The largest absolute Gasteiger partial charge is 0.376 e. The Kier molecular flexibility index (Phi) is 5.40. The van der Waals surface area contributed by atoms with E-state index in [1.165, 1.54) is 32.1 Å². The summed E-state index contributed by atoms with van der Waals surface area (Å²) in [4.78, 5) is 2.37. The summed E-state index contributed by atoms with van der Waals surface area (Å²) in [5.74, 6) is 0. The predicted molar refractivity (Wildman–Crippen MR) is 56.0 cm³/mol. The summed E-state index contributed by atoms with van der Waals surface area (Å²) in [5, 5.41) is 0. The van der Waals surface area contributed by atoms with Crippen molar-refractivity contribution in [1.82, 2.24) is 4.90 Å². The number of nitrogens with zero attached hydrogens (tertiary/aromatic N) is 1. The van der Waals surface area contributed by atoms with Gasteiger partial charge in [0.1, 0.15) is 0 Å². The molecule has 0 amide bonds. The molecule has 1 aliphatic rings. The topological polar surface area (TPSA) is 12.5 Å². The minimum Gasteiger partial charge on any atom is -0.376 e. The van der Waals surface area contributed by atoms with Crippen LogP contribution in [0.25, 0.3) is 0 Å². The van der Waals surface area contributed by atoms with Gasteiger partial charge in [-0.2, -0.15) is 0 Å². The molecule has 0 aromatic heterocycles. The highest BCUT2D eigenvalue weighted by Gasteiger charge is 2.16. The molecule has 1 saturated heterocycles. The Morgan fingerprint density at radius 2 is 2.15 bits per heavy atom. The third-order valence-electron chi connectivity index (χ3n) is 2.72. The maximum Gasteiger partial charge on any atom is 0.0702 e. The first-order chi connectivity index (χ1) is 6.33. The Bertz CT molecular complexity index is 127. The molecule has 0 aromatic rings. The Morgan fingerprint density at radius 1 is 1.31 bits per heavy atom. The second-order valence-corrected chi connectivity index (χ2v) is 4.10. The fourth-order valence-corrected chi connectivity index (χ4v) is 1.84. The van der Waals surface area contributed by atoms with Gasteiger partial charge in [0.25, 0.3) is 0 Å². The van der Waals surface area contributed by atoms with Crippen LogP contribution >= 0.6 is 0 Å². The Labute approximate surface area is 82.3 Å². The van der Waals surface area contributed by atoms with E-state index < -0.39 is 0 Å². The van der Waals surface area contributed by atoms with Gasteiger partial charge in [-0.15, -0.1) is 0 Å². The van der Waals surface area contributed by atoms with Crippen LogP contribution in [0.4, 0.5) is 0 Å². The summed E-state index contributed by atoms with van der Waals surface area (Å²) in [5.41, 5.74) is 0. The number of ether oxygens (including phenoxy) is 1. The van der Waals surface area contributed by atoms with E-state index in [1.807, 2.05) is 0 Å². The lowest BCUT2D eigenvalue weighted by Gasteiger charge is -2.30. The molecule has 1 unspecified atom stereocenters. The highest BCUT2D eigenvalue weighted by atomic mass is 16.5. The highest BCUT2D eigenvalue weighted by molar-refractivity contribution is 4.68. The Balaban J connectivity index is 2.00. The second-order valence-electron chi connectivity index (χ2n) is 4.10. The molecule has 0 aromatic carbocycles. The van der Waals surface area contributed by atoms with E-state index in [-0.39, 0.29) is 0 Å². The van der Waals surface area contributed by atoms with Crippen molar-refractivity contribution in [2.75, 3.05) is 26.7 Å². The molecule has 0 saturated carbocycles. The predicted octanol–water partition coefficient (Wildman–Crippen LogP) is 2.29. The van der Waals surface area contributed by atoms with Crippen LogP contribution in [0, 0.1) is 0 Å². The number of morpholine rings is 1. The van der Waals surface area contributed by atoms with Gasteiger partial charge in [-0.05, 0) is 13.5 Å². The van der Waals surface area contributed by atoms with Gasteiger partial charge in [0.2, 0.25) is 0 Å². The average molecular weight is 185 g/mol. The fourth-order valence-electron chi connectivity index (χ4n) is 1.84. The first-order valence-corrected chi connectivity index (χ1v) is 5.63. The third-order valence-corrected chi connectivity index (χ3v) is 2.72. The van der Waals surface area contributed by atoms with Crippen LogP contribution in [0.1, 0.15) is 39.0 Å². The van der Waals surface area contributed by atoms with Gasteiger partial charge >= 0.3 is 0 Å². The molecule has 2 nitrogen and oxygen atoms in total. The standard InChI is InChI=1S/C11H23NO/c1-3-4-5-6-7-11-10-12(2)8-9-13-11/h11H,3-10H2,1-2H3. The van der Waals surface area contributed by atoms with E-state index in [2.05, 4.69) is 18.9 Å². The number of rotatable bonds is 5. The average Bonchev–Trinajstić information content (AvgIpc) is 2.13. The minimum absolute atomic E-state index is 0.510. The molecule has 1 heterocycles. The van der Waals surface area contributed by atoms with E-state index in [0.717, 1.165) is 19.7 Å². The smallest absolute Gasteiger partial charge is 0.0702 e. The Hall–Kier alpha value is -0.0800. The SMILES string of the molecule is CCCCCCC1CN(C)CCO1. The van der Waals surface area contributed by atoms with Crippen molar-refractivity contribution in [3.8, 4) is 0 Å². The number of hydrogen-bond acceptors (Lipinski definition) is 2. The van der Waals surface area contributed by atoms with Gasteiger partial charge < -0.3 is 9.64 Å². The summed E-state index contributed by atoms with van der Waals surface area (Å²) < 4.78 is 5.69. The van der Waals surface area contributed by atoms with Gasteiger partial charge in [0, 0.05) is 13.1 Å². The molecule has 13 heavy (non-hydrogen) atoms. The van der Waals surface area contributed by atoms with Crippen molar-refractivity contribution < 1.29 is 4.74 Å². The lowest BCUT2D eigenvalue weighted by atomic mass is 10.1. The van der Waals surface area contributed by atoms with Crippen LogP contribution in [0.15, 0.2) is 0 Å². The van der Waals surface area contributed by atoms with Crippen LogP contribution in [0.2, 0.25) is 0 Å². The van der Waals surface area contributed by atoms with Crippen molar-refractivity contribution in [2.24, 2.45) is 0 Å². The van der Waals surface area contributed by atoms with E-state index in [1.54, 1.807) is 0 Å². The molecular formula is C11H23NO. The van der Waals surface area contributed by atoms with E-state index in [4.69, 9.17) is 4.74 Å². The van der Waals surface area contributed by atoms with Crippen LogP contribution in [-0.2, 0) is 4.74 Å². The molecule has 1 atom stereocenters. The summed E-state index contributed by atoms with van der Waals surface area (Å²) in [7, 11) is 2.18. The molecule has 0 radical (unpaired) electrons. The van der Waals surface area contributed by atoms with Crippen molar-refractivity contribution in [1.29, 1.82) is 0 Å². The summed E-state index contributed by atoms with van der Waals surface area (Å²) >= 11 is 0. The van der Waals surface area contributed by atoms with Crippen molar-refractivity contribution in [3.63, 3.8) is 0 Å². The zero-order valence-electron chi connectivity index (χ0n) is 9.09. The van der Waals surface area contributed by atoms with Crippen LogP contribution in [0.3, 0.4) is 0 Å². The van der Waals surface area contributed by atoms with Gasteiger partial charge in [-0.1, -0.05) is 32.6 Å². The summed E-state index contributed by atoms with van der Waals surface area (Å²) in [6.07, 6.45) is 7.18. The van der Waals surface area contributed by atoms with Crippen molar-refractivity contribution >= 4 is 0 Å². The molecule has 1 rings (SSSR count). The Morgan fingerprint density at radius 3 is 2.85 bits per heavy atom. The van der Waals surface area contributed by atoms with Crippen LogP contribution < -0.4 is 0 Å². The van der Waals surface area contributed by atoms with Crippen LogP contribution in [0.5, 0.6) is 0 Å². The van der Waals surface area contributed by atoms with Crippen molar-refractivity contribution in [2.45, 2.75) is 45.1 Å². The summed E-state index contributed by atoms with van der Waals surface area (Å²) in [6.45, 7) is 5.41. The first-order valence-electron chi connectivity index (χ1n) is 5.63. The molecule has 1 fully saturated rings. The molecular weight excluding hydrogens is 162 g/mol. The normalized spacial score (nSPS) is 24.9. The minimum atomic E-state index is 0.510. The van der Waals surface area contributed by atoms with Crippen molar-refractivity contribution in [3.05, 3.63) is 0 Å². The van der Waals surface area contributed by atoms with Gasteiger partial charge in [0.15, 0.2) is 0 Å². The highest BCUT2D eigenvalue weighted by Crippen LogP contribution is 2.11. The molecule has 0 bridgehead atoms. The maximum atomic E-state index is 5.69. The first kappa shape index (κ1) is 11.0. The lowest BCUT2D eigenvalue weighted by molar-refractivity contribution is -0.0242. The molecule has 2 heteroatoms. The van der Waals surface area contributed by atoms with Gasteiger partial charge in [-0.3, -0.25) is 0 Å². The zero-order valence-corrected chi connectivity index (χ0v) is 9.09. The molecule has 78 valence electrons. The number of unbranched alkanes of at least 4 members (excludes halogenated alkanes) is 3. The van der Waals surface area contributed by atoms with Gasteiger partial charge in [-0.25, -0.2) is 0 Å². The van der Waals surface area contributed by atoms with E-state index in [9.17, 15) is 0 Å². The second kappa shape index (κ2) is 6.39. The zero-order chi connectivity index (χ0) is 9.52. The van der Waals surface area contributed by atoms with Gasteiger partial charge in [0.05, 0.1) is 12.7 Å². The lowest BCUT2D eigenvalue weighted by Crippen LogP contribution is -2.39. The molecule has 0 aliphatic carbocycles. The quantitative estimate of drug-likeness (QED) is 0.609. The van der Waals surface area contributed by atoms with E-state index >= 15 is 0 Å². The molecule has 0 N–H and O–H groups in total. The van der Waals surface area contributed by atoms with E-state index in [0.29, 0.717) is 6.10 Å². The molecule has 1 aliphatic heterocycles. The maximum absolute atomic E-state index is 5.69. The monoisotopic (exact) mass is 185 g/mol. The molecule has 0 spiro atoms.